The van der Waals surface area contributed by atoms with E-state index in [-0.39, 0.29) is 34.9 Å². The van der Waals surface area contributed by atoms with Gasteiger partial charge < -0.3 is 10.1 Å². The molecule has 0 radical (unpaired) electrons. The van der Waals surface area contributed by atoms with Gasteiger partial charge in [-0.2, -0.15) is 0 Å². The number of rotatable bonds is 6. The Morgan fingerprint density at radius 1 is 0.714 bits per heavy atom. The van der Waals surface area contributed by atoms with Crippen molar-refractivity contribution < 1.29 is 23.9 Å². The first-order valence-corrected chi connectivity index (χ1v) is 14.2. The summed E-state index contributed by atoms with van der Waals surface area (Å²) >= 11 is 0. The van der Waals surface area contributed by atoms with E-state index in [4.69, 9.17) is 4.74 Å². The van der Waals surface area contributed by atoms with Crippen LogP contribution in [0.5, 0.6) is 0 Å². The zero-order valence-corrected chi connectivity index (χ0v) is 22.9. The van der Waals surface area contributed by atoms with Crippen molar-refractivity contribution in [3.05, 3.63) is 130 Å². The number of anilines is 2. The fraction of sp³-hybridized carbons (Fsp3) is 0.200. The van der Waals surface area contributed by atoms with Gasteiger partial charge in [-0.05, 0) is 52.4 Å². The van der Waals surface area contributed by atoms with Crippen LogP contribution in [-0.2, 0) is 25.5 Å². The van der Waals surface area contributed by atoms with Crippen molar-refractivity contribution in [1.82, 2.24) is 0 Å². The molecule has 1 fully saturated rings. The lowest BCUT2D eigenvalue weighted by Crippen LogP contribution is -2.41. The van der Waals surface area contributed by atoms with Crippen molar-refractivity contribution in [1.29, 1.82) is 0 Å². The smallest absolute Gasteiger partial charge is 0.340 e. The lowest BCUT2D eigenvalue weighted by atomic mass is 9.55. The van der Waals surface area contributed by atoms with Crippen LogP contribution in [0.2, 0.25) is 0 Å². The van der Waals surface area contributed by atoms with Gasteiger partial charge in [0.15, 0.2) is 6.61 Å². The fourth-order valence-electron chi connectivity index (χ4n) is 7.10. The Kier molecular flexibility index (Phi) is 6.23. The fourth-order valence-corrected chi connectivity index (χ4v) is 7.10. The summed E-state index contributed by atoms with van der Waals surface area (Å²) in [5.74, 6) is -3.54. The predicted octanol–water partition coefficient (Wildman–Crippen LogP) is 5.44. The molecule has 1 heterocycles. The highest BCUT2D eigenvalue weighted by Crippen LogP contribution is 2.61. The number of carbonyl (C=O) groups excluding carboxylic acids is 4. The van der Waals surface area contributed by atoms with Gasteiger partial charge >= 0.3 is 5.97 Å². The van der Waals surface area contributed by atoms with E-state index in [2.05, 4.69) is 29.6 Å². The number of hydrogen-bond donors (Lipinski definition) is 1. The molecule has 7 heteroatoms. The zero-order valence-electron chi connectivity index (χ0n) is 22.9. The summed E-state index contributed by atoms with van der Waals surface area (Å²) in [6, 6.07) is 29.9. The molecule has 4 aliphatic rings. The summed E-state index contributed by atoms with van der Waals surface area (Å²) < 4.78 is 5.38. The SMILES string of the molecule is CCc1ccccc1NC(=O)COC(=O)c1ccccc1N1C(=O)[C@@H]2C3c4ccccc4C(c4ccccc43)[C@@H]2C1=O. The largest absolute Gasteiger partial charge is 0.452 e. The summed E-state index contributed by atoms with van der Waals surface area (Å²) in [5, 5.41) is 2.79. The third kappa shape index (κ3) is 3.88. The standard InChI is InChI=1S/C35H28N2O5/c1-2-20-11-3-9-17-26(20)36-28(38)19-42-35(41)25-16-8-10-18-27(25)37-33(39)31-29-21-12-4-5-13-22(21)30(32(31)34(37)40)24-15-7-6-14-23(24)29/h3-18,29-32H,2,19H2,1H3,(H,36,38)/t29?,30?,31-,32+. The number of para-hydroxylation sites is 2. The molecule has 1 saturated heterocycles. The van der Waals surface area contributed by atoms with E-state index in [1.54, 1.807) is 24.3 Å². The molecule has 0 aromatic heterocycles. The van der Waals surface area contributed by atoms with Crippen LogP contribution in [0.25, 0.3) is 0 Å². The molecule has 7 nitrogen and oxygen atoms in total. The molecule has 0 unspecified atom stereocenters. The van der Waals surface area contributed by atoms with Crippen LogP contribution >= 0.6 is 0 Å². The van der Waals surface area contributed by atoms with Gasteiger partial charge in [-0.1, -0.05) is 85.8 Å². The number of carbonyl (C=O) groups is 4. The number of nitrogens with one attached hydrogen (secondary N) is 1. The van der Waals surface area contributed by atoms with Crippen molar-refractivity contribution in [2.45, 2.75) is 25.2 Å². The Morgan fingerprint density at radius 2 is 1.21 bits per heavy atom. The van der Waals surface area contributed by atoms with E-state index >= 15 is 0 Å². The van der Waals surface area contributed by atoms with Gasteiger partial charge in [-0.25, -0.2) is 9.69 Å². The molecule has 4 aromatic carbocycles. The van der Waals surface area contributed by atoms with E-state index in [0.29, 0.717) is 5.69 Å². The van der Waals surface area contributed by atoms with Gasteiger partial charge in [0.1, 0.15) is 0 Å². The first-order valence-electron chi connectivity index (χ1n) is 14.2. The lowest BCUT2D eigenvalue weighted by Gasteiger charge is -2.45. The van der Waals surface area contributed by atoms with Gasteiger partial charge in [0.2, 0.25) is 11.8 Å². The minimum Gasteiger partial charge on any atom is -0.452 e. The average Bonchev–Trinajstić information content (AvgIpc) is 3.29. The Balaban J connectivity index is 1.17. The summed E-state index contributed by atoms with van der Waals surface area (Å²) in [6.45, 7) is 1.48. The minimum atomic E-state index is -0.783. The van der Waals surface area contributed by atoms with E-state index < -0.39 is 30.3 Å². The summed E-state index contributed by atoms with van der Waals surface area (Å²) in [7, 11) is 0. The quantitative estimate of drug-likeness (QED) is 0.252. The van der Waals surface area contributed by atoms with Crippen LogP contribution in [-0.4, -0.2) is 30.3 Å². The molecule has 4 aromatic rings. The van der Waals surface area contributed by atoms with Gasteiger partial charge in [0, 0.05) is 17.5 Å². The monoisotopic (exact) mass is 556 g/mol. The molecule has 1 aliphatic heterocycles. The average molecular weight is 557 g/mol. The highest BCUT2D eigenvalue weighted by atomic mass is 16.5. The third-order valence-electron chi connectivity index (χ3n) is 8.82. The molecule has 0 saturated carbocycles. The van der Waals surface area contributed by atoms with Gasteiger partial charge in [-0.15, -0.1) is 0 Å². The summed E-state index contributed by atoms with van der Waals surface area (Å²) in [4.78, 5) is 55.4. The molecular weight excluding hydrogens is 528 g/mol. The second-order valence-electron chi connectivity index (χ2n) is 10.9. The molecule has 1 N–H and O–H groups in total. The number of amides is 3. The maximum atomic E-state index is 14.2. The number of benzene rings is 4. The summed E-state index contributed by atoms with van der Waals surface area (Å²) in [6.07, 6.45) is 0.737. The molecular formula is C35H28N2O5. The van der Waals surface area contributed by atoms with Gasteiger partial charge in [-0.3, -0.25) is 14.4 Å². The Labute approximate surface area is 243 Å². The van der Waals surface area contributed by atoms with Crippen LogP contribution in [0, 0.1) is 11.8 Å². The maximum Gasteiger partial charge on any atom is 0.340 e. The molecule has 3 amide bonds. The van der Waals surface area contributed by atoms with E-state index in [0.717, 1.165) is 34.2 Å². The molecule has 8 rings (SSSR count). The first kappa shape index (κ1) is 25.9. The number of nitrogens with zero attached hydrogens (tertiary/aromatic N) is 1. The summed E-state index contributed by atoms with van der Waals surface area (Å²) in [5.41, 5.74) is 6.17. The maximum absolute atomic E-state index is 14.2. The number of hydrogen-bond acceptors (Lipinski definition) is 5. The molecule has 42 heavy (non-hydrogen) atoms. The van der Waals surface area contributed by atoms with Crippen LogP contribution in [0.4, 0.5) is 11.4 Å². The highest BCUT2D eigenvalue weighted by molar-refractivity contribution is 6.25. The Bertz CT molecular complexity index is 1660. The van der Waals surface area contributed by atoms with Crippen LogP contribution in [0.3, 0.4) is 0 Å². The van der Waals surface area contributed by atoms with Crippen molar-refractivity contribution >= 4 is 35.1 Å². The van der Waals surface area contributed by atoms with Gasteiger partial charge in [0.25, 0.3) is 5.91 Å². The lowest BCUT2D eigenvalue weighted by molar-refractivity contribution is -0.122. The molecule has 2 bridgehead atoms. The number of ether oxygens (including phenoxy) is 1. The van der Waals surface area contributed by atoms with Crippen LogP contribution < -0.4 is 10.2 Å². The van der Waals surface area contributed by atoms with E-state index in [1.807, 2.05) is 49.4 Å². The van der Waals surface area contributed by atoms with Crippen molar-refractivity contribution in [2.75, 3.05) is 16.8 Å². The van der Waals surface area contributed by atoms with E-state index in [9.17, 15) is 19.2 Å². The normalized spacial score (nSPS) is 21.4. The number of aryl methyl sites for hydroxylation is 1. The second kappa shape index (κ2) is 10.1. The molecule has 3 aliphatic carbocycles. The number of esters is 1. The number of imide groups is 1. The minimum absolute atomic E-state index is 0.0574. The van der Waals surface area contributed by atoms with Crippen molar-refractivity contribution in [3.63, 3.8) is 0 Å². The predicted molar refractivity (Wildman–Crippen MR) is 157 cm³/mol. The highest BCUT2D eigenvalue weighted by Gasteiger charge is 2.62. The Morgan fingerprint density at radius 3 is 1.79 bits per heavy atom. The molecule has 2 atom stereocenters. The van der Waals surface area contributed by atoms with Crippen LogP contribution in [0.1, 0.15) is 56.9 Å². The molecule has 208 valence electrons. The van der Waals surface area contributed by atoms with Crippen LogP contribution in [0.15, 0.2) is 97.1 Å². The second-order valence-corrected chi connectivity index (χ2v) is 10.9. The van der Waals surface area contributed by atoms with Gasteiger partial charge in [0.05, 0.1) is 23.1 Å². The first-order chi connectivity index (χ1) is 20.5. The molecule has 0 spiro atoms. The zero-order chi connectivity index (χ0) is 29.0. The van der Waals surface area contributed by atoms with E-state index in [1.165, 1.54) is 11.0 Å². The van der Waals surface area contributed by atoms with Crippen molar-refractivity contribution in [2.24, 2.45) is 11.8 Å². The Hall–Kier alpha value is -5.04. The van der Waals surface area contributed by atoms with Crippen molar-refractivity contribution in [3.8, 4) is 0 Å². The topological polar surface area (TPSA) is 92.8 Å². The third-order valence-corrected chi connectivity index (χ3v) is 8.82.